The Morgan fingerprint density at radius 2 is 2.17 bits per heavy atom. The molecule has 62 valence electrons. The first-order valence-electron chi connectivity index (χ1n) is 4.36. The van der Waals surface area contributed by atoms with Crippen molar-refractivity contribution in [3.63, 3.8) is 0 Å². The van der Waals surface area contributed by atoms with Crippen molar-refractivity contribution in [2.24, 2.45) is 0 Å². The molecule has 0 radical (unpaired) electrons. The van der Waals surface area contributed by atoms with E-state index in [0.717, 1.165) is 6.54 Å². The summed E-state index contributed by atoms with van der Waals surface area (Å²) in [7, 11) is 0. The van der Waals surface area contributed by atoms with Crippen LogP contribution in [0.2, 0.25) is 0 Å². The third-order valence-corrected chi connectivity index (χ3v) is 2.42. The third kappa shape index (κ3) is 1.16. The van der Waals surface area contributed by atoms with Crippen LogP contribution in [-0.2, 0) is 0 Å². The van der Waals surface area contributed by atoms with Crippen LogP contribution in [0.5, 0.6) is 0 Å². The molecule has 1 nitrogen and oxygen atoms in total. The summed E-state index contributed by atoms with van der Waals surface area (Å²) in [5.74, 6) is 0. The number of hydrogen-bond donors (Lipinski definition) is 1. The average Bonchev–Trinajstić information content (AvgIpc) is 2.02. The Hall–Kier alpha value is -1.08. The second kappa shape index (κ2) is 3.11. The van der Waals surface area contributed by atoms with Gasteiger partial charge in [-0.05, 0) is 24.1 Å². The van der Waals surface area contributed by atoms with Crippen molar-refractivity contribution in [1.82, 2.24) is 5.32 Å². The van der Waals surface area contributed by atoms with E-state index in [1.54, 1.807) is 0 Å². The Morgan fingerprint density at radius 3 is 2.75 bits per heavy atom. The molecular formula is C11H13N. The third-order valence-electron chi connectivity index (χ3n) is 2.42. The molecule has 12 heavy (non-hydrogen) atoms. The number of nitrogens with one attached hydrogen (secondary N) is 1. The molecular weight excluding hydrogens is 146 g/mol. The van der Waals surface area contributed by atoms with Crippen LogP contribution in [0.1, 0.15) is 23.6 Å². The van der Waals surface area contributed by atoms with Crippen LogP contribution in [-0.4, -0.2) is 6.54 Å². The Kier molecular flexibility index (Phi) is 1.96. The van der Waals surface area contributed by atoms with Gasteiger partial charge in [0.25, 0.3) is 0 Å². The first kappa shape index (κ1) is 7.56. The maximum atomic E-state index is 3.80. The molecule has 0 bridgehead atoms. The second-order valence-corrected chi connectivity index (χ2v) is 3.13. The van der Waals surface area contributed by atoms with Gasteiger partial charge in [-0.3, -0.25) is 0 Å². The SMILES string of the molecule is C=Cc1ccccc1C1CCN1. The summed E-state index contributed by atoms with van der Waals surface area (Å²) in [6, 6.07) is 9.00. The highest BCUT2D eigenvalue weighted by molar-refractivity contribution is 5.53. The Balaban J connectivity index is 2.33. The van der Waals surface area contributed by atoms with Crippen LogP contribution in [0.3, 0.4) is 0 Å². The number of rotatable bonds is 2. The fraction of sp³-hybridized carbons (Fsp3) is 0.273. The molecule has 1 aliphatic heterocycles. The molecule has 1 atom stereocenters. The number of benzene rings is 1. The molecule has 1 heteroatoms. The maximum Gasteiger partial charge on any atom is 0.0338 e. The predicted molar refractivity (Wildman–Crippen MR) is 51.9 cm³/mol. The van der Waals surface area contributed by atoms with Gasteiger partial charge in [-0.2, -0.15) is 0 Å². The van der Waals surface area contributed by atoms with Gasteiger partial charge in [-0.1, -0.05) is 36.9 Å². The van der Waals surface area contributed by atoms with Gasteiger partial charge >= 0.3 is 0 Å². The van der Waals surface area contributed by atoms with E-state index >= 15 is 0 Å². The average molecular weight is 159 g/mol. The standard InChI is InChI=1S/C11H13N/c1-2-9-5-3-4-6-10(9)11-7-8-12-11/h2-6,11-12H,1,7-8H2. The van der Waals surface area contributed by atoms with Gasteiger partial charge in [0, 0.05) is 6.04 Å². The summed E-state index contributed by atoms with van der Waals surface area (Å²) in [6.07, 6.45) is 3.18. The van der Waals surface area contributed by atoms with Gasteiger partial charge in [-0.15, -0.1) is 0 Å². The van der Waals surface area contributed by atoms with E-state index in [4.69, 9.17) is 0 Å². The minimum absolute atomic E-state index is 0.569. The van der Waals surface area contributed by atoms with Crippen LogP contribution in [0.15, 0.2) is 30.8 Å². The summed E-state index contributed by atoms with van der Waals surface area (Å²) < 4.78 is 0. The van der Waals surface area contributed by atoms with Crippen molar-refractivity contribution in [1.29, 1.82) is 0 Å². The van der Waals surface area contributed by atoms with Gasteiger partial charge in [0.15, 0.2) is 0 Å². The van der Waals surface area contributed by atoms with Crippen molar-refractivity contribution in [2.45, 2.75) is 12.5 Å². The molecule has 0 saturated carbocycles. The minimum atomic E-state index is 0.569. The Labute approximate surface area is 73.1 Å². The highest BCUT2D eigenvalue weighted by Crippen LogP contribution is 2.26. The fourth-order valence-electron chi connectivity index (χ4n) is 1.57. The predicted octanol–water partition coefficient (Wildman–Crippen LogP) is 2.36. The van der Waals surface area contributed by atoms with Crippen LogP contribution >= 0.6 is 0 Å². The summed E-state index contributed by atoms with van der Waals surface area (Å²) >= 11 is 0. The highest BCUT2D eigenvalue weighted by Gasteiger charge is 2.19. The molecule has 0 spiro atoms. The van der Waals surface area contributed by atoms with Gasteiger partial charge in [-0.25, -0.2) is 0 Å². The van der Waals surface area contributed by atoms with Crippen molar-refractivity contribution < 1.29 is 0 Å². The quantitative estimate of drug-likeness (QED) is 0.698. The molecule has 1 fully saturated rings. The minimum Gasteiger partial charge on any atom is -0.310 e. The highest BCUT2D eigenvalue weighted by atomic mass is 15.0. The van der Waals surface area contributed by atoms with E-state index in [-0.39, 0.29) is 0 Å². The lowest BCUT2D eigenvalue weighted by Gasteiger charge is -2.29. The van der Waals surface area contributed by atoms with Crippen LogP contribution in [0.25, 0.3) is 6.08 Å². The monoisotopic (exact) mass is 159 g/mol. The zero-order valence-electron chi connectivity index (χ0n) is 7.09. The fourth-order valence-corrected chi connectivity index (χ4v) is 1.57. The van der Waals surface area contributed by atoms with Crippen LogP contribution in [0, 0.1) is 0 Å². The van der Waals surface area contributed by atoms with Crippen molar-refractivity contribution in [3.8, 4) is 0 Å². The number of hydrogen-bond acceptors (Lipinski definition) is 1. The van der Waals surface area contributed by atoms with Crippen LogP contribution < -0.4 is 5.32 Å². The van der Waals surface area contributed by atoms with E-state index < -0.39 is 0 Å². The first-order chi connectivity index (χ1) is 5.92. The summed E-state index contributed by atoms with van der Waals surface area (Å²) in [5.41, 5.74) is 2.65. The van der Waals surface area contributed by atoms with E-state index in [0.29, 0.717) is 6.04 Å². The smallest absolute Gasteiger partial charge is 0.0338 e. The normalized spacial score (nSPS) is 21.5. The molecule has 1 aromatic rings. The Morgan fingerprint density at radius 1 is 1.42 bits per heavy atom. The second-order valence-electron chi connectivity index (χ2n) is 3.13. The van der Waals surface area contributed by atoms with Gasteiger partial charge in [0.1, 0.15) is 0 Å². The molecule has 1 saturated heterocycles. The van der Waals surface area contributed by atoms with E-state index in [1.807, 2.05) is 6.08 Å². The molecule has 1 unspecified atom stereocenters. The molecule has 0 aromatic heterocycles. The van der Waals surface area contributed by atoms with E-state index in [9.17, 15) is 0 Å². The molecule has 2 rings (SSSR count). The van der Waals surface area contributed by atoms with Crippen molar-refractivity contribution in [2.75, 3.05) is 6.54 Å². The van der Waals surface area contributed by atoms with Crippen molar-refractivity contribution in [3.05, 3.63) is 42.0 Å². The molecule has 1 heterocycles. The molecule has 1 aliphatic rings. The lowest BCUT2D eigenvalue weighted by atomic mass is 9.94. The zero-order chi connectivity index (χ0) is 8.39. The largest absolute Gasteiger partial charge is 0.310 e. The lowest BCUT2D eigenvalue weighted by Crippen LogP contribution is -2.35. The summed E-state index contributed by atoms with van der Waals surface area (Å²) in [5, 5.41) is 3.39. The molecule has 1 aromatic carbocycles. The van der Waals surface area contributed by atoms with E-state index in [1.165, 1.54) is 17.5 Å². The molecule has 1 N–H and O–H groups in total. The summed E-state index contributed by atoms with van der Waals surface area (Å²) in [4.78, 5) is 0. The van der Waals surface area contributed by atoms with Gasteiger partial charge in [0.05, 0.1) is 0 Å². The maximum absolute atomic E-state index is 3.80. The van der Waals surface area contributed by atoms with Crippen LogP contribution in [0.4, 0.5) is 0 Å². The first-order valence-corrected chi connectivity index (χ1v) is 4.36. The van der Waals surface area contributed by atoms with Crippen molar-refractivity contribution >= 4 is 6.08 Å². The topological polar surface area (TPSA) is 12.0 Å². The van der Waals surface area contributed by atoms with Gasteiger partial charge in [0.2, 0.25) is 0 Å². The zero-order valence-corrected chi connectivity index (χ0v) is 7.09. The Bertz CT molecular complexity index is 287. The van der Waals surface area contributed by atoms with Gasteiger partial charge < -0.3 is 5.32 Å². The lowest BCUT2D eigenvalue weighted by molar-refractivity contribution is 0.383. The molecule has 0 aliphatic carbocycles. The van der Waals surface area contributed by atoms with E-state index in [2.05, 4.69) is 36.2 Å². The summed E-state index contributed by atoms with van der Waals surface area (Å²) in [6.45, 7) is 4.95. The molecule has 0 amide bonds.